The number of benzene rings is 2. The van der Waals surface area contributed by atoms with Crippen molar-refractivity contribution in [2.45, 2.75) is 47.5 Å². The van der Waals surface area contributed by atoms with E-state index in [1.165, 1.54) is 11.8 Å². The molecule has 1 atom stereocenters. The van der Waals surface area contributed by atoms with Crippen molar-refractivity contribution in [2.75, 3.05) is 55.9 Å². The Bertz CT molecular complexity index is 1120. The monoisotopic (exact) mass is 577 g/mol. The Morgan fingerprint density at radius 2 is 1.74 bits per heavy atom. The maximum atomic E-state index is 12.4. The minimum atomic E-state index is -0.309. The molecule has 214 valence electrons. The fourth-order valence-electron chi connectivity index (χ4n) is 4.41. The molecule has 39 heavy (non-hydrogen) atoms. The molecule has 3 rings (SSSR count). The molecule has 1 fully saturated rings. The van der Waals surface area contributed by atoms with Gasteiger partial charge in [-0.2, -0.15) is 0 Å². The average Bonchev–Trinajstić information content (AvgIpc) is 2.91. The number of ether oxygens (including phenoxy) is 2. The van der Waals surface area contributed by atoms with Crippen LogP contribution in [0.25, 0.3) is 0 Å². The van der Waals surface area contributed by atoms with E-state index in [1.807, 2.05) is 64.1 Å². The maximum absolute atomic E-state index is 12.4. The van der Waals surface area contributed by atoms with Crippen molar-refractivity contribution < 1.29 is 19.1 Å². The number of rotatable bonds is 12. The van der Waals surface area contributed by atoms with Crippen LogP contribution in [-0.2, 0) is 14.3 Å². The van der Waals surface area contributed by atoms with Crippen LogP contribution < -0.4 is 14.5 Å². The van der Waals surface area contributed by atoms with Crippen LogP contribution in [-0.4, -0.2) is 62.8 Å². The predicted octanol–water partition coefficient (Wildman–Crippen LogP) is 6.43. The smallest absolute Gasteiger partial charge is 0.310 e. The summed E-state index contributed by atoms with van der Waals surface area (Å²) in [5.41, 5.74) is 2.59. The molecule has 0 radical (unpaired) electrons. The van der Waals surface area contributed by atoms with Crippen molar-refractivity contribution in [3.8, 4) is 5.75 Å². The SMILES string of the molecule is CC(=O)N(COC(=O)C(C)C(C)C)c1cc(OCCCCN2CCN(c3cccc(Cl)c3Cl)CC2)ccc1C. The number of amides is 1. The lowest BCUT2D eigenvalue weighted by Gasteiger charge is -2.36. The lowest BCUT2D eigenvalue weighted by atomic mass is 9.99. The Morgan fingerprint density at radius 3 is 2.41 bits per heavy atom. The van der Waals surface area contributed by atoms with Crippen molar-refractivity contribution in [2.24, 2.45) is 11.8 Å². The molecule has 1 amide bonds. The van der Waals surface area contributed by atoms with Gasteiger partial charge in [-0.1, -0.05) is 56.1 Å². The third-order valence-electron chi connectivity index (χ3n) is 7.34. The van der Waals surface area contributed by atoms with E-state index in [4.69, 9.17) is 32.7 Å². The highest BCUT2D eigenvalue weighted by atomic mass is 35.5. The molecular weight excluding hydrogens is 537 g/mol. The number of piperazine rings is 1. The molecule has 7 nitrogen and oxygen atoms in total. The zero-order valence-electron chi connectivity index (χ0n) is 23.7. The van der Waals surface area contributed by atoms with Gasteiger partial charge in [-0.05, 0) is 56.0 Å². The first-order valence-corrected chi connectivity index (χ1v) is 14.4. The molecule has 1 unspecified atom stereocenters. The molecule has 1 saturated heterocycles. The number of anilines is 2. The molecule has 0 aromatic heterocycles. The molecule has 0 aliphatic carbocycles. The zero-order chi connectivity index (χ0) is 28.5. The number of nitrogens with zero attached hydrogens (tertiary/aromatic N) is 3. The van der Waals surface area contributed by atoms with Gasteiger partial charge in [0.05, 0.1) is 33.9 Å². The summed E-state index contributed by atoms with van der Waals surface area (Å²) in [5.74, 6) is 0.115. The van der Waals surface area contributed by atoms with E-state index in [9.17, 15) is 9.59 Å². The molecule has 1 heterocycles. The summed E-state index contributed by atoms with van der Waals surface area (Å²) in [6.45, 7) is 14.4. The summed E-state index contributed by atoms with van der Waals surface area (Å²) in [4.78, 5) is 30.9. The average molecular weight is 579 g/mol. The lowest BCUT2D eigenvalue weighted by Crippen LogP contribution is -2.46. The fourth-order valence-corrected chi connectivity index (χ4v) is 4.82. The zero-order valence-corrected chi connectivity index (χ0v) is 25.2. The first-order valence-electron chi connectivity index (χ1n) is 13.7. The van der Waals surface area contributed by atoms with Gasteiger partial charge in [-0.3, -0.25) is 19.4 Å². The summed E-state index contributed by atoms with van der Waals surface area (Å²) < 4.78 is 11.5. The standard InChI is InChI=1S/C30H41Cl2N3O4/c1-21(2)23(4)30(37)39-20-35(24(5)36)28-19-25(12-11-22(28)3)38-18-7-6-13-33-14-16-34(17-15-33)27-10-8-9-26(31)29(27)32/h8-12,19,21,23H,6-7,13-18,20H2,1-5H3. The quantitative estimate of drug-likeness (QED) is 0.164. The van der Waals surface area contributed by atoms with Gasteiger partial charge in [0.25, 0.3) is 0 Å². The van der Waals surface area contributed by atoms with Crippen molar-refractivity contribution >= 4 is 46.5 Å². The minimum absolute atomic E-state index is 0.119. The summed E-state index contributed by atoms with van der Waals surface area (Å²) in [5, 5.41) is 1.21. The van der Waals surface area contributed by atoms with E-state index in [-0.39, 0.29) is 30.4 Å². The van der Waals surface area contributed by atoms with E-state index in [2.05, 4.69) is 9.80 Å². The third-order valence-corrected chi connectivity index (χ3v) is 8.15. The van der Waals surface area contributed by atoms with Crippen molar-refractivity contribution in [1.82, 2.24) is 4.90 Å². The first kappa shape index (κ1) is 31.1. The van der Waals surface area contributed by atoms with Gasteiger partial charge in [0.15, 0.2) is 6.73 Å². The van der Waals surface area contributed by atoms with E-state index >= 15 is 0 Å². The van der Waals surface area contributed by atoms with Crippen molar-refractivity contribution in [3.05, 3.63) is 52.0 Å². The summed E-state index contributed by atoms with van der Waals surface area (Å²) in [6.07, 6.45) is 1.95. The molecule has 0 N–H and O–H groups in total. The van der Waals surface area contributed by atoms with Gasteiger partial charge in [0, 0.05) is 39.2 Å². The number of esters is 1. The second-order valence-electron chi connectivity index (χ2n) is 10.5. The number of carbonyl (C=O) groups is 2. The summed E-state index contributed by atoms with van der Waals surface area (Å²) in [6, 6.07) is 11.4. The molecule has 2 aromatic rings. The Morgan fingerprint density at radius 1 is 1.03 bits per heavy atom. The second-order valence-corrected chi connectivity index (χ2v) is 11.3. The number of hydrogen-bond donors (Lipinski definition) is 0. The number of unbranched alkanes of at least 4 members (excludes halogenated alkanes) is 1. The summed E-state index contributed by atoms with van der Waals surface area (Å²) >= 11 is 12.6. The van der Waals surface area contributed by atoms with Crippen LogP contribution in [0.4, 0.5) is 11.4 Å². The molecule has 1 aliphatic heterocycles. The normalized spacial score (nSPS) is 14.8. The maximum Gasteiger partial charge on any atom is 0.310 e. The van der Waals surface area contributed by atoms with Gasteiger partial charge in [0.1, 0.15) is 5.75 Å². The highest BCUT2D eigenvalue weighted by molar-refractivity contribution is 6.43. The molecule has 0 bridgehead atoms. The molecule has 2 aromatic carbocycles. The molecule has 1 aliphatic rings. The Labute approximate surface area is 242 Å². The van der Waals surface area contributed by atoms with Gasteiger partial charge >= 0.3 is 5.97 Å². The van der Waals surface area contributed by atoms with Crippen LogP contribution in [0.1, 0.15) is 46.1 Å². The topological polar surface area (TPSA) is 62.3 Å². The molecule has 0 spiro atoms. The van der Waals surface area contributed by atoms with Crippen LogP contribution in [0.15, 0.2) is 36.4 Å². The van der Waals surface area contributed by atoms with Crippen molar-refractivity contribution in [1.29, 1.82) is 0 Å². The van der Waals surface area contributed by atoms with E-state index in [0.29, 0.717) is 28.1 Å². The Balaban J connectivity index is 1.44. The molecule has 0 saturated carbocycles. The molecule has 9 heteroatoms. The van der Waals surface area contributed by atoms with Gasteiger partial charge in [0.2, 0.25) is 5.91 Å². The highest BCUT2D eigenvalue weighted by Crippen LogP contribution is 2.33. The minimum Gasteiger partial charge on any atom is -0.494 e. The number of aryl methyl sites for hydroxylation is 1. The van der Waals surface area contributed by atoms with E-state index < -0.39 is 0 Å². The molecular formula is C30H41Cl2N3O4. The van der Waals surface area contributed by atoms with Crippen LogP contribution in [0.3, 0.4) is 0 Å². The van der Waals surface area contributed by atoms with Gasteiger partial charge < -0.3 is 14.4 Å². The van der Waals surface area contributed by atoms with Crippen LogP contribution in [0, 0.1) is 18.8 Å². The lowest BCUT2D eigenvalue weighted by molar-refractivity contribution is -0.149. The van der Waals surface area contributed by atoms with Gasteiger partial charge in [-0.15, -0.1) is 0 Å². The van der Waals surface area contributed by atoms with Gasteiger partial charge in [-0.25, -0.2) is 0 Å². The number of carbonyl (C=O) groups excluding carboxylic acids is 2. The summed E-state index contributed by atoms with van der Waals surface area (Å²) in [7, 11) is 0. The Kier molecular flexibility index (Phi) is 11.8. The first-order chi connectivity index (χ1) is 18.6. The highest BCUT2D eigenvalue weighted by Gasteiger charge is 2.22. The number of hydrogen-bond acceptors (Lipinski definition) is 6. The van der Waals surface area contributed by atoms with E-state index in [0.717, 1.165) is 56.8 Å². The Hall–Kier alpha value is -2.48. The predicted molar refractivity (Wildman–Crippen MR) is 159 cm³/mol. The number of halogens is 2. The van der Waals surface area contributed by atoms with Crippen LogP contribution in [0.2, 0.25) is 10.0 Å². The van der Waals surface area contributed by atoms with Crippen LogP contribution >= 0.6 is 23.2 Å². The van der Waals surface area contributed by atoms with Crippen molar-refractivity contribution in [3.63, 3.8) is 0 Å². The van der Waals surface area contributed by atoms with Crippen LogP contribution in [0.5, 0.6) is 5.75 Å². The second kappa shape index (κ2) is 14.8. The van der Waals surface area contributed by atoms with E-state index in [1.54, 1.807) is 0 Å². The largest absolute Gasteiger partial charge is 0.494 e. The third kappa shape index (κ3) is 8.75. The fraction of sp³-hybridized carbons (Fsp3) is 0.533.